The summed E-state index contributed by atoms with van der Waals surface area (Å²) in [5, 5.41) is 10.2. The second-order valence-electron chi connectivity index (χ2n) is 7.90. The molecule has 94 valence electrons. The lowest BCUT2D eigenvalue weighted by Gasteiger charge is -2.47. The molecule has 5 aliphatic rings. The van der Waals surface area contributed by atoms with Gasteiger partial charge in [0.05, 0.1) is 0 Å². The van der Waals surface area contributed by atoms with E-state index in [-0.39, 0.29) is 0 Å². The molecule has 0 aromatic heterocycles. The van der Waals surface area contributed by atoms with Crippen LogP contribution in [0, 0.1) is 46.8 Å². The predicted octanol–water partition coefficient (Wildman–Crippen LogP) is 3.08. The maximum atomic E-state index is 10.2. The zero-order valence-corrected chi connectivity index (χ0v) is 10.6. The number of hydrogen-bond donors (Lipinski definition) is 1. The van der Waals surface area contributed by atoms with Crippen molar-refractivity contribution in [2.45, 2.75) is 44.9 Å². The van der Waals surface area contributed by atoms with Gasteiger partial charge in [0.15, 0.2) is 0 Å². The Morgan fingerprint density at radius 3 is 2.76 bits per heavy atom. The molecule has 5 rings (SSSR count). The first-order chi connectivity index (χ1) is 8.35. The van der Waals surface area contributed by atoms with Crippen LogP contribution in [0.3, 0.4) is 0 Å². The third-order valence-electron chi connectivity index (χ3n) is 7.91. The normalized spacial score (nSPS) is 66.5. The molecule has 0 aromatic rings. The van der Waals surface area contributed by atoms with E-state index in [1.807, 2.05) is 0 Å². The Morgan fingerprint density at radius 2 is 1.88 bits per heavy atom. The summed E-state index contributed by atoms with van der Waals surface area (Å²) >= 11 is 0. The van der Waals surface area contributed by atoms with Gasteiger partial charge in [-0.3, -0.25) is 0 Å². The number of fused-ring (bicyclic) bond motifs is 12. The van der Waals surface area contributed by atoms with Gasteiger partial charge in [0.2, 0.25) is 0 Å². The van der Waals surface area contributed by atoms with Gasteiger partial charge in [0.25, 0.3) is 0 Å². The van der Waals surface area contributed by atoms with Gasteiger partial charge in [0, 0.05) is 12.0 Å². The van der Waals surface area contributed by atoms with Crippen LogP contribution in [0.5, 0.6) is 0 Å². The van der Waals surface area contributed by atoms with E-state index in [1.54, 1.807) is 0 Å². The molecule has 0 amide bonds. The molecule has 1 heteroatoms. The maximum Gasteiger partial charge on any atom is 0.0493 e. The summed E-state index contributed by atoms with van der Waals surface area (Å²) in [7, 11) is 0. The first-order valence-corrected chi connectivity index (χ1v) is 7.96. The molecule has 8 atom stereocenters. The molecule has 8 unspecified atom stereocenters. The highest BCUT2D eigenvalue weighted by molar-refractivity contribution is 5.20. The Labute approximate surface area is 104 Å². The van der Waals surface area contributed by atoms with Gasteiger partial charge in [-0.2, -0.15) is 0 Å². The largest absolute Gasteiger partial charge is 0.396 e. The van der Waals surface area contributed by atoms with Crippen LogP contribution in [-0.4, -0.2) is 11.7 Å². The number of rotatable bonds is 1. The topological polar surface area (TPSA) is 20.2 Å². The van der Waals surface area contributed by atoms with E-state index >= 15 is 0 Å². The first-order valence-electron chi connectivity index (χ1n) is 7.96. The van der Waals surface area contributed by atoms with E-state index < -0.39 is 0 Å². The van der Waals surface area contributed by atoms with Crippen molar-refractivity contribution < 1.29 is 5.11 Å². The lowest BCUT2D eigenvalue weighted by molar-refractivity contribution is -0.0344. The highest BCUT2D eigenvalue weighted by Gasteiger charge is 2.72. The van der Waals surface area contributed by atoms with E-state index in [2.05, 4.69) is 0 Å². The minimum atomic E-state index is 0.413. The molecule has 5 fully saturated rings. The predicted molar refractivity (Wildman–Crippen MR) is 66.3 cm³/mol. The van der Waals surface area contributed by atoms with E-state index in [0.29, 0.717) is 12.0 Å². The smallest absolute Gasteiger partial charge is 0.0493 e. The average Bonchev–Trinajstić information content (AvgIpc) is 3.11. The Kier molecular flexibility index (Phi) is 1.69. The number of hydrogen-bond acceptors (Lipinski definition) is 1. The molecule has 4 bridgehead atoms. The maximum absolute atomic E-state index is 10.2. The Morgan fingerprint density at radius 1 is 1.00 bits per heavy atom. The van der Waals surface area contributed by atoms with Crippen LogP contribution in [-0.2, 0) is 0 Å². The summed E-state index contributed by atoms with van der Waals surface area (Å²) in [6, 6.07) is 0. The third-order valence-corrected chi connectivity index (χ3v) is 7.91. The van der Waals surface area contributed by atoms with Crippen molar-refractivity contribution in [2.24, 2.45) is 46.8 Å². The monoisotopic (exact) mass is 232 g/mol. The fourth-order valence-electron chi connectivity index (χ4n) is 7.85. The fraction of sp³-hybridized carbons (Fsp3) is 1.00. The van der Waals surface area contributed by atoms with Gasteiger partial charge in [-0.1, -0.05) is 6.42 Å². The van der Waals surface area contributed by atoms with Crippen molar-refractivity contribution in [2.75, 3.05) is 6.61 Å². The molecular weight excluding hydrogens is 208 g/mol. The summed E-state index contributed by atoms with van der Waals surface area (Å²) in [4.78, 5) is 0. The van der Waals surface area contributed by atoms with Crippen molar-refractivity contribution in [1.82, 2.24) is 0 Å². The van der Waals surface area contributed by atoms with Crippen molar-refractivity contribution in [3.05, 3.63) is 0 Å². The lowest BCUT2D eigenvalue weighted by atomic mass is 9.58. The van der Waals surface area contributed by atoms with Crippen molar-refractivity contribution in [1.29, 1.82) is 0 Å². The summed E-state index contributed by atoms with van der Waals surface area (Å²) in [5.41, 5.74) is 0.413. The molecule has 0 aromatic carbocycles. The second kappa shape index (κ2) is 2.92. The van der Waals surface area contributed by atoms with E-state index in [9.17, 15) is 5.11 Å². The molecule has 5 aliphatic carbocycles. The standard InChI is InChI=1S/C16H24O/c17-8-16-7-12(11-2-1-3-13(11)16)14-9-4-5-10(6-9)15(14)16/h9-15,17H,1-8H2. The van der Waals surface area contributed by atoms with Crippen LogP contribution < -0.4 is 0 Å². The molecule has 0 spiro atoms. The molecule has 5 saturated carbocycles. The van der Waals surface area contributed by atoms with Crippen LogP contribution in [0.25, 0.3) is 0 Å². The van der Waals surface area contributed by atoms with E-state index in [0.717, 1.165) is 41.4 Å². The van der Waals surface area contributed by atoms with Gasteiger partial charge in [-0.15, -0.1) is 0 Å². The molecule has 0 radical (unpaired) electrons. The third kappa shape index (κ3) is 0.895. The molecule has 1 nitrogen and oxygen atoms in total. The quantitative estimate of drug-likeness (QED) is 0.689. The van der Waals surface area contributed by atoms with Gasteiger partial charge in [-0.25, -0.2) is 0 Å². The van der Waals surface area contributed by atoms with Crippen molar-refractivity contribution in [3.63, 3.8) is 0 Å². The van der Waals surface area contributed by atoms with Crippen LogP contribution >= 0.6 is 0 Å². The summed E-state index contributed by atoms with van der Waals surface area (Å²) < 4.78 is 0. The molecule has 1 N–H and O–H groups in total. The second-order valence-corrected chi connectivity index (χ2v) is 7.90. The summed E-state index contributed by atoms with van der Waals surface area (Å²) in [6.07, 6.45) is 10.4. The van der Waals surface area contributed by atoms with Crippen LogP contribution in [0.2, 0.25) is 0 Å². The first kappa shape index (κ1) is 9.83. The minimum absolute atomic E-state index is 0.413. The molecule has 0 saturated heterocycles. The van der Waals surface area contributed by atoms with Crippen LogP contribution in [0.15, 0.2) is 0 Å². The SMILES string of the molecule is OCC12CC(C3CCCC31)C1C3CCC(C3)C12. The molecular formula is C16H24O. The number of aliphatic hydroxyl groups excluding tert-OH is 1. The van der Waals surface area contributed by atoms with Crippen molar-refractivity contribution >= 4 is 0 Å². The lowest BCUT2D eigenvalue weighted by Crippen LogP contribution is -2.45. The van der Waals surface area contributed by atoms with E-state index in [4.69, 9.17) is 0 Å². The highest BCUT2D eigenvalue weighted by Crippen LogP contribution is 2.77. The van der Waals surface area contributed by atoms with Crippen LogP contribution in [0.4, 0.5) is 0 Å². The average molecular weight is 232 g/mol. The zero-order valence-electron chi connectivity index (χ0n) is 10.6. The molecule has 0 aliphatic heterocycles. The van der Waals surface area contributed by atoms with Gasteiger partial charge < -0.3 is 5.11 Å². The van der Waals surface area contributed by atoms with Gasteiger partial charge in [-0.05, 0) is 80.0 Å². The van der Waals surface area contributed by atoms with Crippen LogP contribution in [0.1, 0.15) is 44.9 Å². The number of aliphatic hydroxyl groups is 1. The van der Waals surface area contributed by atoms with E-state index in [1.165, 1.54) is 44.9 Å². The molecule has 0 heterocycles. The minimum Gasteiger partial charge on any atom is -0.396 e. The van der Waals surface area contributed by atoms with Crippen molar-refractivity contribution in [3.8, 4) is 0 Å². The molecule has 17 heavy (non-hydrogen) atoms. The summed E-state index contributed by atoms with van der Waals surface area (Å²) in [6.45, 7) is 0.523. The fourth-order valence-corrected chi connectivity index (χ4v) is 7.85. The Hall–Kier alpha value is -0.0400. The Bertz CT molecular complexity index is 365. The zero-order chi connectivity index (χ0) is 11.2. The van der Waals surface area contributed by atoms with Gasteiger partial charge in [0.1, 0.15) is 0 Å². The summed E-state index contributed by atoms with van der Waals surface area (Å²) in [5.74, 6) is 7.10. The van der Waals surface area contributed by atoms with Gasteiger partial charge >= 0.3 is 0 Å². The highest BCUT2D eigenvalue weighted by atomic mass is 16.3. The Balaban J connectivity index is 1.64.